The molecule has 0 aliphatic carbocycles. The minimum Gasteiger partial charge on any atom is -0.315 e. The van der Waals surface area contributed by atoms with Crippen LogP contribution in [0.2, 0.25) is 0 Å². The van der Waals surface area contributed by atoms with Gasteiger partial charge < -0.3 is 10.6 Å². The molecule has 9 heteroatoms. The number of amides is 1. The second-order valence-electron chi connectivity index (χ2n) is 6.33. The molecular formula is C17H20N8O. The standard InChI is InChI=1S/C17H20N8O/c26-17(15-11-25(23-20-15)14-7-4-8-18-9-14)19-16-12-24(22-21-16)10-13-5-2-1-3-6-13/h1-3,5-6,11-12,14,18H,4,7-10H2,(H,19,26). The normalized spacial score (nSPS) is 17.2. The van der Waals surface area contributed by atoms with Crippen LogP contribution in [0.4, 0.5) is 5.82 Å². The number of benzene rings is 1. The van der Waals surface area contributed by atoms with Crippen molar-refractivity contribution in [2.75, 3.05) is 18.4 Å². The minimum absolute atomic E-state index is 0.240. The van der Waals surface area contributed by atoms with Crippen LogP contribution in [-0.2, 0) is 6.54 Å². The molecule has 1 amide bonds. The molecule has 3 aromatic rings. The summed E-state index contributed by atoms with van der Waals surface area (Å²) in [5, 5.41) is 22.1. The van der Waals surface area contributed by atoms with Crippen molar-refractivity contribution in [2.24, 2.45) is 0 Å². The van der Waals surface area contributed by atoms with Gasteiger partial charge in [0.2, 0.25) is 0 Å². The van der Waals surface area contributed by atoms with Gasteiger partial charge in [-0.1, -0.05) is 40.8 Å². The molecule has 0 spiro atoms. The highest BCUT2D eigenvalue weighted by Crippen LogP contribution is 2.15. The van der Waals surface area contributed by atoms with Gasteiger partial charge >= 0.3 is 0 Å². The van der Waals surface area contributed by atoms with Crippen molar-refractivity contribution in [1.82, 2.24) is 35.3 Å². The van der Waals surface area contributed by atoms with E-state index in [2.05, 4.69) is 31.3 Å². The Hall–Kier alpha value is -3.07. The van der Waals surface area contributed by atoms with E-state index >= 15 is 0 Å². The van der Waals surface area contributed by atoms with Gasteiger partial charge in [0, 0.05) is 6.54 Å². The summed E-state index contributed by atoms with van der Waals surface area (Å²) in [6.07, 6.45) is 5.50. The van der Waals surface area contributed by atoms with Gasteiger partial charge in [-0.15, -0.1) is 10.2 Å². The Morgan fingerprint density at radius 1 is 1.19 bits per heavy atom. The number of nitrogens with one attached hydrogen (secondary N) is 2. The first-order chi connectivity index (χ1) is 12.8. The first-order valence-electron chi connectivity index (χ1n) is 8.66. The van der Waals surface area contributed by atoms with E-state index in [0.717, 1.165) is 31.5 Å². The fraction of sp³-hybridized carbons (Fsp3) is 0.353. The number of aromatic nitrogens is 6. The van der Waals surface area contributed by atoms with E-state index in [1.165, 1.54) is 0 Å². The van der Waals surface area contributed by atoms with Gasteiger partial charge in [0.1, 0.15) is 0 Å². The number of carbonyl (C=O) groups excluding carboxylic acids is 1. The number of hydrogen-bond acceptors (Lipinski definition) is 6. The molecule has 2 aromatic heterocycles. The molecular weight excluding hydrogens is 332 g/mol. The molecule has 1 aliphatic rings. The molecule has 0 radical (unpaired) electrons. The molecule has 1 atom stereocenters. The number of rotatable bonds is 5. The molecule has 0 saturated carbocycles. The van der Waals surface area contributed by atoms with Crippen LogP contribution < -0.4 is 10.6 Å². The van der Waals surface area contributed by atoms with Gasteiger partial charge in [0.05, 0.1) is 25.0 Å². The van der Waals surface area contributed by atoms with Crippen LogP contribution in [0, 0.1) is 0 Å². The Bertz CT molecular complexity index is 866. The number of piperidine rings is 1. The fourth-order valence-electron chi connectivity index (χ4n) is 3.00. The van der Waals surface area contributed by atoms with Crippen molar-refractivity contribution in [1.29, 1.82) is 0 Å². The smallest absolute Gasteiger partial charge is 0.279 e. The third-order valence-corrected chi connectivity index (χ3v) is 4.36. The van der Waals surface area contributed by atoms with E-state index in [1.807, 2.05) is 30.3 Å². The van der Waals surface area contributed by atoms with Crippen molar-refractivity contribution in [3.8, 4) is 0 Å². The second-order valence-corrected chi connectivity index (χ2v) is 6.33. The predicted octanol–water partition coefficient (Wildman–Crippen LogP) is 1.09. The summed E-state index contributed by atoms with van der Waals surface area (Å²) in [5.74, 6) is 0.0478. The van der Waals surface area contributed by atoms with E-state index in [4.69, 9.17) is 0 Å². The maximum absolute atomic E-state index is 12.4. The average Bonchev–Trinajstić information content (AvgIpc) is 3.33. The molecule has 1 unspecified atom stereocenters. The Kier molecular flexibility index (Phi) is 4.69. The largest absolute Gasteiger partial charge is 0.315 e. The lowest BCUT2D eigenvalue weighted by molar-refractivity contribution is 0.102. The van der Waals surface area contributed by atoms with Crippen LogP contribution in [0.25, 0.3) is 0 Å². The van der Waals surface area contributed by atoms with Crippen LogP contribution in [-0.4, -0.2) is 49.0 Å². The first kappa shape index (κ1) is 16.4. The lowest BCUT2D eigenvalue weighted by Crippen LogP contribution is -2.31. The fourth-order valence-corrected chi connectivity index (χ4v) is 3.00. The van der Waals surface area contributed by atoms with Gasteiger partial charge in [0.25, 0.3) is 5.91 Å². The first-order valence-corrected chi connectivity index (χ1v) is 8.66. The van der Waals surface area contributed by atoms with Gasteiger partial charge in [-0.2, -0.15) is 0 Å². The molecule has 2 N–H and O–H groups in total. The van der Waals surface area contributed by atoms with Gasteiger partial charge in [-0.05, 0) is 24.9 Å². The van der Waals surface area contributed by atoms with Crippen molar-refractivity contribution in [3.05, 3.63) is 54.0 Å². The topological polar surface area (TPSA) is 103 Å². The highest BCUT2D eigenvalue weighted by Gasteiger charge is 2.19. The zero-order chi connectivity index (χ0) is 17.8. The quantitative estimate of drug-likeness (QED) is 0.713. The van der Waals surface area contributed by atoms with Crippen molar-refractivity contribution < 1.29 is 4.79 Å². The maximum atomic E-state index is 12.4. The monoisotopic (exact) mass is 352 g/mol. The lowest BCUT2D eigenvalue weighted by Gasteiger charge is -2.22. The third kappa shape index (κ3) is 3.77. The molecule has 3 heterocycles. The summed E-state index contributed by atoms with van der Waals surface area (Å²) >= 11 is 0. The molecule has 0 bridgehead atoms. The summed E-state index contributed by atoms with van der Waals surface area (Å²) in [4.78, 5) is 12.4. The van der Waals surface area contributed by atoms with Crippen LogP contribution in [0.5, 0.6) is 0 Å². The number of nitrogens with zero attached hydrogens (tertiary/aromatic N) is 6. The van der Waals surface area contributed by atoms with Gasteiger partial charge in [0.15, 0.2) is 11.5 Å². The second kappa shape index (κ2) is 7.44. The van der Waals surface area contributed by atoms with E-state index < -0.39 is 0 Å². The van der Waals surface area contributed by atoms with E-state index in [-0.39, 0.29) is 17.6 Å². The molecule has 4 rings (SSSR count). The lowest BCUT2D eigenvalue weighted by atomic mass is 10.1. The minimum atomic E-state index is -0.341. The van der Waals surface area contributed by atoms with Gasteiger partial charge in [-0.3, -0.25) is 4.79 Å². The number of hydrogen-bond donors (Lipinski definition) is 2. The number of carbonyl (C=O) groups is 1. The Labute approximate surface area is 150 Å². The SMILES string of the molecule is O=C(Nc1cn(Cc2ccccc2)nn1)c1cn(C2CCCNC2)nn1. The Morgan fingerprint density at radius 2 is 2.08 bits per heavy atom. The highest BCUT2D eigenvalue weighted by atomic mass is 16.2. The van der Waals surface area contributed by atoms with E-state index in [1.54, 1.807) is 21.8 Å². The summed E-state index contributed by atoms with van der Waals surface area (Å²) < 4.78 is 3.43. The molecule has 1 aromatic carbocycles. The predicted molar refractivity (Wildman–Crippen MR) is 94.7 cm³/mol. The molecule has 26 heavy (non-hydrogen) atoms. The van der Waals surface area contributed by atoms with Crippen LogP contribution in [0.15, 0.2) is 42.7 Å². The number of anilines is 1. The summed E-state index contributed by atoms with van der Waals surface area (Å²) in [5.41, 5.74) is 1.38. The maximum Gasteiger partial charge on any atom is 0.279 e. The molecule has 1 aliphatic heterocycles. The zero-order valence-electron chi connectivity index (χ0n) is 14.2. The molecule has 1 fully saturated rings. The average molecular weight is 352 g/mol. The third-order valence-electron chi connectivity index (χ3n) is 4.36. The van der Waals surface area contributed by atoms with Crippen molar-refractivity contribution in [2.45, 2.75) is 25.4 Å². The van der Waals surface area contributed by atoms with Crippen LogP contribution >= 0.6 is 0 Å². The Morgan fingerprint density at radius 3 is 2.88 bits per heavy atom. The molecule has 9 nitrogen and oxygen atoms in total. The van der Waals surface area contributed by atoms with Crippen molar-refractivity contribution >= 4 is 11.7 Å². The molecule has 134 valence electrons. The van der Waals surface area contributed by atoms with Crippen LogP contribution in [0.3, 0.4) is 0 Å². The van der Waals surface area contributed by atoms with Gasteiger partial charge in [-0.25, -0.2) is 9.36 Å². The zero-order valence-corrected chi connectivity index (χ0v) is 14.2. The summed E-state index contributed by atoms with van der Waals surface area (Å²) in [6, 6.07) is 10.2. The van der Waals surface area contributed by atoms with Crippen molar-refractivity contribution in [3.63, 3.8) is 0 Å². The summed E-state index contributed by atoms with van der Waals surface area (Å²) in [6.45, 7) is 2.46. The molecule has 1 saturated heterocycles. The van der Waals surface area contributed by atoms with E-state index in [0.29, 0.717) is 12.4 Å². The van der Waals surface area contributed by atoms with Crippen LogP contribution in [0.1, 0.15) is 34.9 Å². The van der Waals surface area contributed by atoms with E-state index in [9.17, 15) is 4.79 Å². The Balaban J connectivity index is 1.38. The summed E-state index contributed by atoms with van der Waals surface area (Å²) in [7, 11) is 0. The highest BCUT2D eigenvalue weighted by molar-refractivity contribution is 6.01.